The van der Waals surface area contributed by atoms with Gasteiger partial charge in [-0.15, -0.1) is 0 Å². The van der Waals surface area contributed by atoms with Crippen molar-refractivity contribution in [2.24, 2.45) is 0 Å². The predicted molar refractivity (Wildman–Crippen MR) is 56.8 cm³/mol. The fourth-order valence-electron chi connectivity index (χ4n) is 1.84. The van der Waals surface area contributed by atoms with E-state index in [-0.39, 0.29) is 11.4 Å². The zero-order valence-corrected chi connectivity index (χ0v) is 8.63. The van der Waals surface area contributed by atoms with E-state index >= 15 is 0 Å². The second-order valence-corrected chi connectivity index (χ2v) is 3.85. The van der Waals surface area contributed by atoms with Crippen LogP contribution in [-0.2, 0) is 0 Å². The van der Waals surface area contributed by atoms with Crippen molar-refractivity contribution in [2.45, 2.75) is 25.8 Å². The summed E-state index contributed by atoms with van der Waals surface area (Å²) < 4.78 is 27.1. The second kappa shape index (κ2) is 3.68. The first-order valence-electron chi connectivity index (χ1n) is 5.14. The number of nitrogens with two attached hydrogens (primary N) is 1. The molecule has 1 aromatic rings. The molecule has 82 valence electrons. The van der Waals surface area contributed by atoms with Gasteiger partial charge in [0.2, 0.25) is 0 Å². The molecule has 1 fully saturated rings. The van der Waals surface area contributed by atoms with Crippen molar-refractivity contribution in [1.82, 2.24) is 0 Å². The molecule has 0 saturated heterocycles. The lowest BCUT2D eigenvalue weighted by atomic mass is 10.2. The Morgan fingerprint density at radius 1 is 1.33 bits per heavy atom. The third kappa shape index (κ3) is 1.89. The van der Waals surface area contributed by atoms with E-state index < -0.39 is 11.6 Å². The molecule has 0 aliphatic heterocycles. The molecular formula is C11H14F2N2. The Labute approximate surface area is 87.7 Å². The van der Waals surface area contributed by atoms with Gasteiger partial charge in [-0.25, -0.2) is 8.78 Å². The summed E-state index contributed by atoms with van der Waals surface area (Å²) in [4.78, 5) is 1.77. The minimum absolute atomic E-state index is 0.0641. The van der Waals surface area contributed by atoms with E-state index in [1.165, 1.54) is 12.1 Å². The van der Waals surface area contributed by atoms with Crippen LogP contribution >= 0.6 is 0 Å². The van der Waals surface area contributed by atoms with Gasteiger partial charge >= 0.3 is 0 Å². The first-order valence-corrected chi connectivity index (χ1v) is 5.14. The maximum absolute atomic E-state index is 13.6. The number of hydrogen-bond donors (Lipinski definition) is 1. The monoisotopic (exact) mass is 212 g/mol. The van der Waals surface area contributed by atoms with Gasteiger partial charge in [0, 0.05) is 18.3 Å². The maximum Gasteiger partial charge on any atom is 0.151 e. The van der Waals surface area contributed by atoms with E-state index in [1.54, 1.807) is 4.90 Å². The van der Waals surface area contributed by atoms with Crippen LogP contribution in [0.25, 0.3) is 0 Å². The van der Waals surface area contributed by atoms with Gasteiger partial charge in [-0.05, 0) is 31.9 Å². The molecule has 0 amide bonds. The molecule has 0 spiro atoms. The van der Waals surface area contributed by atoms with Crippen molar-refractivity contribution in [1.29, 1.82) is 0 Å². The molecule has 0 radical (unpaired) electrons. The van der Waals surface area contributed by atoms with Gasteiger partial charge < -0.3 is 10.6 Å². The predicted octanol–water partition coefficient (Wildman–Crippen LogP) is 2.54. The Kier molecular flexibility index (Phi) is 2.50. The van der Waals surface area contributed by atoms with Crippen molar-refractivity contribution in [3.63, 3.8) is 0 Å². The molecule has 0 unspecified atom stereocenters. The Hall–Kier alpha value is -1.32. The van der Waals surface area contributed by atoms with Gasteiger partial charge in [-0.3, -0.25) is 0 Å². The van der Waals surface area contributed by atoms with Crippen LogP contribution < -0.4 is 10.6 Å². The molecule has 1 aliphatic carbocycles. The van der Waals surface area contributed by atoms with Crippen molar-refractivity contribution in [3.05, 3.63) is 23.8 Å². The summed E-state index contributed by atoms with van der Waals surface area (Å²) in [5.41, 5.74) is 5.55. The van der Waals surface area contributed by atoms with Crippen LogP contribution in [0.15, 0.2) is 12.1 Å². The molecular weight excluding hydrogens is 198 g/mol. The highest BCUT2D eigenvalue weighted by atomic mass is 19.1. The molecule has 1 saturated carbocycles. The third-order valence-corrected chi connectivity index (χ3v) is 2.65. The average Bonchev–Trinajstić information content (AvgIpc) is 2.94. The summed E-state index contributed by atoms with van der Waals surface area (Å²) in [6.45, 7) is 2.51. The Morgan fingerprint density at radius 3 is 2.27 bits per heavy atom. The number of hydrogen-bond acceptors (Lipinski definition) is 2. The van der Waals surface area contributed by atoms with Gasteiger partial charge in [0.25, 0.3) is 0 Å². The number of nitrogens with zero attached hydrogens (tertiary/aromatic N) is 1. The first kappa shape index (κ1) is 10.2. The molecule has 2 nitrogen and oxygen atoms in total. The van der Waals surface area contributed by atoms with Gasteiger partial charge in [-0.2, -0.15) is 0 Å². The minimum atomic E-state index is -0.568. The largest absolute Gasteiger partial charge is 0.399 e. The van der Waals surface area contributed by atoms with E-state index in [4.69, 9.17) is 5.73 Å². The quantitative estimate of drug-likeness (QED) is 0.780. The Balaban J connectivity index is 2.40. The molecule has 0 atom stereocenters. The summed E-state index contributed by atoms with van der Waals surface area (Å²) >= 11 is 0. The summed E-state index contributed by atoms with van der Waals surface area (Å²) in [6.07, 6.45) is 2.02. The number of nitrogen functional groups attached to an aromatic ring is 1. The summed E-state index contributed by atoms with van der Waals surface area (Å²) in [6, 6.07) is 2.63. The van der Waals surface area contributed by atoms with Crippen LogP contribution in [-0.4, -0.2) is 12.6 Å². The van der Waals surface area contributed by atoms with E-state index in [0.717, 1.165) is 12.8 Å². The van der Waals surface area contributed by atoms with Crippen molar-refractivity contribution in [2.75, 3.05) is 17.2 Å². The lowest BCUT2D eigenvalue weighted by Gasteiger charge is -2.23. The fraction of sp³-hybridized carbons (Fsp3) is 0.455. The van der Waals surface area contributed by atoms with Gasteiger partial charge in [-0.1, -0.05) is 0 Å². The number of halogens is 2. The van der Waals surface area contributed by atoms with Crippen LogP contribution in [0.3, 0.4) is 0 Å². The third-order valence-electron chi connectivity index (χ3n) is 2.65. The van der Waals surface area contributed by atoms with E-state index in [0.29, 0.717) is 12.6 Å². The number of benzene rings is 1. The highest BCUT2D eigenvalue weighted by Crippen LogP contribution is 2.35. The topological polar surface area (TPSA) is 29.3 Å². The zero-order valence-electron chi connectivity index (χ0n) is 8.63. The van der Waals surface area contributed by atoms with Crippen LogP contribution in [0.1, 0.15) is 19.8 Å². The second-order valence-electron chi connectivity index (χ2n) is 3.85. The standard InChI is InChI=1S/C11H14F2N2/c1-2-15(8-3-4-8)11-9(12)5-7(14)6-10(11)13/h5-6,8H,2-4,14H2,1H3. The molecule has 0 bridgehead atoms. The van der Waals surface area contributed by atoms with E-state index in [9.17, 15) is 8.78 Å². The molecule has 2 rings (SSSR count). The molecule has 1 aliphatic rings. The molecule has 15 heavy (non-hydrogen) atoms. The first-order chi connectivity index (χ1) is 7.13. The molecule has 4 heteroatoms. The molecule has 0 heterocycles. The molecule has 1 aromatic carbocycles. The molecule has 2 N–H and O–H groups in total. The van der Waals surface area contributed by atoms with Crippen LogP contribution in [0.5, 0.6) is 0 Å². The smallest absolute Gasteiger partial charge is 0.151 e. The Morgan fingerprint density at radius 2 is 1.87 bits per heavy atom. The number of anilines is 2. The summed E-state index contributed by atoms with van der Waals surface area (Å²) in [5, 5.41) is 0. The van der Waals surface area contributed by atoms with Crippen molar-refractivity contribution < 1.29 is 8.78 Å². The van der Waals surface area contributed by atoms with Crippen molar-refractivity contribution >= 4 is 11.4 Å². The number of rotatable bonds is 3. The Bertz CT molecular complexity index is 352. The fourth-order valence-corrected chi connectivity index (χ4v) is 1.84. The van der Waals surface area contributed by atoms with Crippen LogP contribution in [0.4, 0.5) is 20.2 Å². The minimum Gasteiger partial charge on any atom is -0.399 e. The van der Waals surface area contributed by atoms with E-state index in [2.05, 4.69) is 0 Å². The normalized spacial score (nSPS) is 15.4. The van der Waals surface area contributed by atoms with Gasteiger partial charge in [0.15, 0.2) is 11.6 Å². The van der Waals surface area contributed by atoms with Gasteiger partial charge in [0.05, 0.1) is 0 Å². The highest BCUT2D eigenvalue weighted by Gasteiger charge is 2.31. The van der Waals surface area contributed by atoms with Crippen molar-refractivity contribution in [3.8, 4) is 0 Å². The SMILES string of the molecule is CCN(c1c(F)cc(N)cc1F)C1CC1. The maximum atomic E-state index is 13.6. The van der Waals surface area contributed by atoms with Gasteiger partial charge in [0.1, 0.15) is 5.69 Å². The molecule has 0 aromatic heterocycles. The van der Waals surface area contributed by atoms with Crippen LogP contribution in [0.2, 0.25) is 0 Å². The zero-order chi connectivity index (χ0) is 11.0. The lowest BCUT2D eigenvalue weighted by molar-refractivity contribution is 0.572. The summed E-state index contributed by atoms with van der Waals surface area (Å²) in [7, 11) is 0. The summed E-state index contributed by atoms with van der Waals surface area (Å²) in [5.74, 6) is -1.14. The van der Waals surface area contributed by atoms with E-state index in [1.807, 2.05) is 6.92 Å². The lowest BCUT2D eigenvalue weighted by Crippen LogP contribution is -2.27. The average molecular weight is 212 g/mol. The highest BCUT2D eigenvalue weighted by molar-refractivity contribution is 5.57. The van der Waals surface area contributed by atoms with Crippen LogP contribution in [0, 0.1) is 11.6 Å².